The average molecular weight is 382 g/mol. The fraction of sp³-hybridized carbons (Fsp3) is 0.391. The lowest BCUT2D eigenvalue weighted by atomic mass is 9.92. The maximum Gasteiger partial charge on any atom is 0.265 e. The summed E-state index contributed by atoms with van der Waals surface area (Å²) >= 11 is 0. The monoisotopic (exact) mass is 381 g/mol. The first kappa shape index (κ1) is 21.5. The molecule has 5 heteroatoms. The Bertz CT molecular complexity index is 783. The number of para-hydroxylation sites is 1. The number of hydrogen-bond acceptors (Lipinski definition) is 4. The number of rotatable bonds is 8. The fourth-order valence-corrected chi connectivity index (χ4v) is 2.92. The van der Waals surface area contributed by atoms with Gasteiger partial charge in [0, 0.05) is 25.5 Å². The second-order valence-electron chi connectivity index (χ2n) is 7.66. The number of carbonyl (C=O) groups excluding carboxylic acids is 1. The molecule has 5 nitrogen and oxygen atoms in total. The molecule has 2 rings (SSSR count). The van der Waals surface area contributed by atoms with E-state index in [0.717, 1.165) is 28.1 Å². The number of oxime groups is 1. The lowest BCUT2D eigenvalue weighted by molar-refractivity contribution is -0.120. The Morgan fingerprint density at radius 2 is 1.61 bits per heavy atom. The van der Waals surface area contributed by atoms with Crippen LogP contribution in [0.3, 0.4) is 0 Å². The molecule has 0 unspecified atom stereocenters. The quantitative estimate of drug-likeness (QED) is 0.518. The molecule has 0 atom stereocenters. The molecule has 28 heavy (non-hydrogen) atoms. The highest BCUT2D eigenvalue weighted by Gasteiger charge is 2.16. The molecular formula is C23H31N3O2. The highest BCUT2D eigenvalue weighted by Crippen LogP contribution is 2.32. The van der Waals surface area contributed by atoms with Crippen molar-refractivity contribution < 1.29 is 9.63 Å². The van der Waals surface area contributed by atoms with Gasteiger partial charge in [-0.15, -0.1) is 0 Å². The third-order valence-corrected chi connectivity index (χ3v) is 4.52. The zero-order valence-corrected chi connectivity index (χ0v) is 17.7. The number of hydrogen-bond donors (Lipinski definition) is 1. The Morgan fingerprint density at radius 3 is 2.11 bits per heavy atom. The summed E-state index contributed by atoms with van der Waals surface area (Å²) < 4.78 is 0. The van der Waals surface area contributed by atoms with Gasteiger partial charge in [0.2, 0.25) is 0 Å². The molecular weight excluding hydrogens is 350 g/mol. The van der Waals surface area contributed by atoms with Crippen LogP contribution in [0.2, 0.25) is 0 Å². The normalized spacial score (nSPS) is 11.3. The summed E-state index contributed by atoms with van der Waals surface area (Å²) in [5.41, 5.74) is 5.18. The number of benzene rings is 2. The molecule has 0 radical (unpaired) electrons. The molecule has 0 aliphatic carbocycles. The third-order valence-electron chi connectivity index (χ3n) is 4.52. The highest BCUT2D eigenvalue weighted by molar-refractivity contribution is 5.93. The number of amides is 1. The van der Waals surface area contributed by atoms with Gasteiger partial charge in [0.15, 0.2) is 6.61 Å². The van der Waals surface area contributed by atoms with Crippen LogP contribution in [0, 0.1) is 0 Å². The van der Waals surface area contributed by atoms with Crippen LogP contribution < -0.4 is 10.2 Å². The second kappa shape index (κ2) is 9.93. The van der Waals surface area contributed by atoms with E-state index in [1.807, 2.05) is 49.3 Å². The Balaban J connectivity index is 1.97. The largest absolute Gasteiger partial charge is 0.386 e. The smallest absolute Gasteiger partial charge is 0.265 e. The Kier molecular flexibility index (Phi) is 7.61. The predicted molar refractivity (Wildman–Crippen MR) is 118 cm³/mol. The van der Waals surface area contributed by atoms with Crippen LogP contribution in [0.15, 0.2) is 47.6 Å². The Hall–Kier alpha value is -2.82. The zero-order valence-electron chi connectivity index (χ0n) is 17.7. The van der Waals surface area contributed by atoms with Crippen LogP contribution in [0.4, 0.5) is 11.4 Å². The van der Waals surface area contributed by atoms with Crippen molar-refractivity contribution in [1.82, 2.24) is 0 Å². The van der Waals surface area contributed by atoms with Crippen LogP contribution in [-0.2, 0) is 9.63 Å². The molecule has 0 aromatic heterocycles. The molecule has 0 spiro atoms. The number of nitrogens with zero attached hydrogens (tertiary/aromatic N) is 2. The molecule has 2 aromatic carbocycles. The molecule has 1 N–H and O–H groups in total. The van der Waals surface area contributed by atoms with Gasteiger partial charge in [-0.2, -0.15) is 0 Å². The van der Waals surface area contributed by atoms with Gasteiger partial charge < -0.3 is 15.1 Å². The van der Waals surface area contributed by atoms with Gasteiger partial charge >= 0.3 is 0 Å². The van der Waals surface area contributed by atoms with Crippen molar-refractivity contribution >= 4 is 23.5 Å². The van der Waals surface area contributed by atoms with Gasteiger partial charge in [-0.05, 0) is 40.7 Å². The van der Waals surface area contributed by atoms with Gasteiger partial charge in [-0.25, -0.2) is 0 Å². The minimum atomic E-state index is -0.213. The van der Waals surface area contributed by atoms with Gasteiger partial charge in [0.25, 0.3) is 5.91 Å². The first-order valence-electron chi connectivity index (χ1n) is 9.65. The van der Waals surface area contributed by atoms with E-state index in [-0.39, 0.29) is 12.5 Å². The van der Waals surface area contributed by atoms with Gasteiger partial charge in [0.05, 0.1) is 6.21 Å². The van der Waals surface area contributed by atoms with Crippen molar-refractivity contribution in [1.29, 1.82) is 0 Å². The van der Waals surface area contributed by atoms with E-state index >= 15 is 0 Å². The van der Waals surface area contributed by atoms with E-state index in [4.69, 9.17) is 4.84 Å². The highest BCUT2D eigenvalue weighted by atomic mass is 16.6. The first-order valence-corrected chi connectivity index (χ1v) is 9.65. The van der Waals surface area contributed by atoms with E-state index in [0.29, 0.717) is 11.8 Å². The summed E-state index contributed by atoms with van der Waals surface area (Å²) in [5.74, 6) is 0.422. The van der Waals surface area contributed by atoms with Crippen molar-refractivity contribution in [2.24, 2.45) is 5.16 Å². The van der Waals surface area contributed by atoms with Crippen molar-refractivity contribution in [2.75, 3.05) is 30.9 Å². The van der Waals surface area contributed by atoms with Crippen molar-refractivity contribution in [3.05, 3.63) is 59.2 Å². The van der Waals surface area contributed by atoms with Crippen LogP contribution in [0.5, 0.6) is 0 Å². The maximum atomic E-state index is 12.4. The van der Waals surface area contributed by atoms with Crippen molar-refractivity contribution in [3.8, 4) is 0 Å². The number of carbonyl (C=O) groups is 1. The van der Waals surface area contributed by atoms with E-state index in [2.05, 4.69) is 50.3 Å². The van der Waals surface area contributed by atoms with Crippen molar-refractivity contribution in [3.63, 3.8) is 0 Å². The van der Waals surface area contributed by atoms with E-state index in [9.17, 15) is 4.79 Å². The van der Waals surface area contributed by atoms with Gasteiger partial charge in [-0.3, -0.25) is 4.79 Å². The summed E-state index contributed by atoms with van der Waals surface area (Å²) in [6.45, 7) is 8.36. The SMILES string of the molecule is CC(C)c1cccc(C(C)C)c1NC(=O)CO/N=C/c1ccc(N(C)C)cc1. The summed E-state index contributed by atoms with van der Waals surface area (Å²) in [4.78, 5) is 19.6. The van der Waals surface area contributed by atoms with E-state index in [1.165, 1.54) is 0 Å². The number of anilines is 2. The van der Waals surface area contributed by atoms with Gasteiger partial charge in [0.1, 0.15) is 0 Å². The average Bonchev–Trinajstić information content (AvgIpc) is 2.65. The summed E-state index contributed by atoms with van der Waals surface area (Å²) in [6, 6.07) is 14.1. The number of nitrogens with one attached hydrogen (secondary N) is 1. The molecule has 0 aliphatic heterocycles. The van der Waals surface area contributed by atoms with E-state index in [1.54, 1.807) is 6.21 Å². The molecule has 0 fully saturated rings. The lowest BCUT2D eigenvalue weighted by Crippen LogP contribution is -2.19. The summed E-state index contributed by atoms with van der Waals surface area (Å²) in [5, 5.41) is 6.93. The molecule has 150 valence electrons. The van der Waals surface area contributed by atoms with Crippen LogP contribution in [0.25, 0.3) is 0 Å². The summed E-state index contributed by atoms with van der Waals surface area (Å²) in [6.07, 6.45) is 1.61. The minimum Gasteiger partial charge on any atom is -0.386 e. The molecule has 0 aliphatic rings. The predicted octanol–water partition coefficient (Wildman–Crippen LogP) is 4.99. The van der Waals surface area contributed by atoms with Crippen molar-refractivity contribution in [2.45, 2.75) is 39.5 Å². The van der Waals surface area contributed by atoms with Crippen LogP contribution in [-0.4, -0.2) is 32.8 Å². The second-order valence-corrected chi connectivity index (χ2v) is 7.66. The minimum absolute atomic E-state index is 0.129. The molecule has 1 amide bonds. The van der Waals surface area contributed by atoms with Crippen LogP contribution >= 0.6 is 0 Å². The van der Waals surface area contributed by atoms with Gasteiger partial charge in [-0.1, -0.05) is 63.2 Å². The zero-order chi connectivity index (χ0) is 20.7. The summed E-state index contributed by atoms with van der Waals surface area (Å²) in [7, 11) is 3.99. The molecule has 2 aromatic rings. The Labute approximate surface area is 168 Å². The maximum absolute atomic E-state index is 12.4. The third kappa shape index (κ3) is 5.84. The topological polar surface area (TPSA) is 53.9 Å². The Morgan fingerprint density at radius 1 is 1.04 bits per heavy atom. The molecule has 0 saturated carbocycles. The van der Waals surface area contributed by atoms with E-state index < -0.39 is 0 Å². The lowest BCUT2D eigenvalue weighted by Gasteiger charge is -2.19. The standard InChI is InChI=1S/C23H31N3O2/c1-16(2)20-8-7-9-21(17(3)4)23(20)25-22(27)15-28-24-14-18-10-12-19(13-11-18)26(5)6/h7-14,16-17H,15H2,1-6H3,(H,25,27)/b24-14+. The van der Waals surface area contributed by atoms with Crippen LogP contribution in [0.1, 0.15) is 56.2 Å². The molecule has 0 saturated heterocycles. The fourth-order valence-electron chi connectivity index (χ4n) is 2.92. The molecule has 0 heterocycles. The first-order chi connectivity index (χ1) is 13.3. The molecule has 0 bridgehead atoms.